The van der Waals surface area contributed by atoms with E-state index in [-0.39, 0.29) is 11.3 Å². The number of carbonyl (C=O) groups excluding carboxylic acids is 1. The number of sulfonamides is 1. The van der Waals surface area contributed by atoms with Crippen molar-refractivity contribution in [2.75, 3.05) is 11.4 Å². The lowest BCUT2D eigenvalue weighted by Gasteiger charge is -2.17. The topological polar surface area (TPSA) is 66.5 Å². The minimum atomic E-state index is -4.04. The van der Waals surface area contributed by atoms with Gasteiger partial charge in [0.25, 0.3) is 0 Å². The van der Waals surface area contributed by atoms with E-state index in [1.807, 2.05) is 0 Å². The first-order chi connectivity index (χ1) is 11.8. The summed E-state index contributed by atoms with van der Waals surface area (Å²) >= 11 is 0. The number of carbonyl (C=O) groups is 1. The average Bonchev–Trinajstić information content (AvgIpc) is 2.91. The van der Waals surface area contributed by atoms with E-state index in [0.29, 0.717) is 17.8 Å². The van der Waals surface area contributed by atoms with Crippen LogP contribution in [0.3, 0.4) is 0 Å². The molecule has 0 saturated carbocycles. The lowest BCUT2D eigenvalue weighted by molar-refractivity contribution is -0.118. The smallest absolute Gasteiger partial charge is 0.245 e. The molecule has 0 aromatic heterocycles. The molecular formula is C17H16F2N2O3S. The second kappa shape index (κ2) is 6.53. The first kappa shape index (κ1) is 17.5. The second-order valence-electron chi connectivity index (χ2n) is 5.84. The number of hydrogen-bond acceptors (Lipinski definition) is 3. The fraction of sp³-hybridized carbons (Fsp3) is 0.235. The number of rotatable bonds is 4. The van der Waals surface area contributed by atoms with Crippen LogP contribution in [-0.2, 0) is 14.8 Å². The Labute approximate surface area is 144 Å². The van der Waals surface area contributed by atoms with Gasteiger partial charge in [0.15, 0.2) is 0 Å². The van der Waals surface area contributed by atoms with Gasteiger partial charge in [-0.1, -0.05) is 6.07 Å². The maximum Gasteiger partial charge on any atom is 0.245 e. The van der Waals surface area contributed by atoms with Crippen LogP contribution in [0.25, 0.3) is 0 Å². The maximum absolute atomic E-state index is 13.4. The Kier molecular flexibility index (Phi) is 4.57. The summed E-state index contributed by atoms with van der Waals surface area (Å²) in [5, 5.41) is 0. The quantitative estimate of drug-likeness (QED) is 0.903. The Morgan fingerprint density at radius 3 is 2.40 bits per heavy atom. The molecule has 1 N–H and O–H groups in total. The largest absolute Gasteiger partial charge is 0.311 e. The van der Waals surface area contributed by atoms with Gasteiger partial charge in [0, 0.05) is 12.2 Å². The molecule has 132 valence electrons. The molecule has 5 nitrogen and oxygen atoms in total. The van der Waals surface area contributed by atoms with E-state index in [2.05, 4.69) is 4.72 Å². The molecule has 1 atom stereocenters. The van der Waals surface area contributed by atoms with Gasteiger partial charge in [0.1, 0.15) is 17.7 Å². The number of benzene rings is 2. The van der Waals surface area contributed by atoms with Gasteiger partial charge in [-0.25, -0.2) is 17.2 Å². The summed E-state index contributed by atoms with van der Waals surface area (Å²) in [5.41, 5.74) is 0.879. The van der Waals surface area contributed by atoms with Crippen molar-refractivity contribution in [3.63, 3.8) is 0 Å². The minimum absolute atomic E-state index is 0.194. The summed E-state index contributed by atoms with van der Waals surface area (Å²) < 4.78 is 53.7. The lowest BCUT2D eigenvalue weighted by Crippen LogP contribution is -2.41. The number of nitrogens with zero attached hydrogens (tertiary/aromatic N) is 1. The minimum Gasteiger partial charge on any atom is -0.311 e. The Hall–Kier alpha value is -2.32. The number of nitrogens with one attached hydrogen (secondary N) is 1. The molecule has 0 bridgehead atoms. The monoisotopic (exact) mass is 366 g/mol. The molecule has 0 spiro atoms. The molecule has 1 heterocycles. The molecule has 0 unspecified atom stereocenters. The summed E-state index contributed by atoms with van der Waals surface area (Å²) in [4.78, 5) is 13.7. The average molecular weight is 366 g/mol. The summed E-state index contributed by atoms with van der Waals surface area (Å²) in [6.45, 7) is 1.86. The van der Waals surface area contributed by atoms with E-state index >= 15 is 0 Å². The molecule has 2 aromatic rings. The summed E-state index contributed by atoms with van der Waals surface area (Å²) in [7, 11) is -4.04. The van der Waals surface area contributed by atoms with Crippen LogP contribution < -0.4 is 9.62 Å². The van der Waals surface area contributed by atoms with Gasteiger partial charge in [0.05, 0.1) is 4.90 Å². The van der Waals surface area contributed by atoms with Gasteiger partial charge in [-0.05, 0) is 55.3 Å². The van der Waals surface area contributed by atoms with E-state index < -0.39 is 33.6 Å². The third-order valence-electron chi connectivity index (χ3n) is 4.08. The molecular weight excluding hydrogens is 350 g/mol. The zero-order chi connectivity index (χ0) is 18.2. The Bertz CT molecular complexity index is 914. The summed E-state index contributed by atoms with van der Waals surface area (Å²) in [6.07, 6.45) is 0.268. The molecule has 25 heavy (non-hydrogen) atoms. The Morgan fingerprint density at radius 2 is 1.72 bits per heavy atom. The molecule has 1 saturated heterocycles. The van der Waals surface area contributed by atoms with Crippen molar-refractivity contribution in [3.05, 3.63) is 59.7 Å². The second-order valence-corrected chi connectivity index (χ2v) is 7.52. The zero-order valence-electron chi connectivity index (χ0n) is 13.4. The number of anilines is 1. The highest BCUT2D eigenvalue weighted by molar-refractivity contribution is 7.89. The van der Waals surface area contributed by atoms with E-state index in [4.69, 9.17) is 0 Å². The SMILES string of the molecule is Cc1ccc(F)cc1S(=O)(=O)N[C@@H]1CCN(c2ccc(F)cc2)C1=O. The highest BCUT2D eigenvalue weighted by atomic mass is 32.2. The third-order valence-corrected chi connectivity index (χ3v) is 5.69. The van der Waals surface area contributed by atoms with Crippen molar-refractivity contribution < 1.29 is 22.0 Å². The zero-order valence-corrected chi connectivity index (χ0v) is 14.2. The predicted octanol–water partition coefficient (Wildman–Crippen LogP) is 2.36. The van der Waals surface area contributed by atoms with Crippen LogP contribution in [-0.4, -0.2) is 26.9 Å². The molecule has 8 heteroatoms. The fourth-order valence-electron chi connectivity index (χ4n) is 2.78. The van der Waals surface area contributed by atoms with Crippen LogP contribution in [0.5, 0.6) is 0 Å². The highest BCUT2D eigenvalue weighted by Crippen LogP contribution is 2.24. The molecule has 0 radical (unpaired) electrons. The lowest BCUT2D eigenvalue weighted by atomic mass is 10.2. The Morgan fingerprint density at radius 1 is 1.08 bits per heavy atom. The number of amides is 1. The third kappa shape index (κ3) is 3.54. The van der Waals surface area contributed by atoms with E-state index in [1.54, 1.807) is 6.92 Å². The van der Waals surface area contributed by atoms with E-state index in [0.717, 1.165) is 6.07 Å². The van der Waals surface area contributed by atoms with Gasteiger partial charge >= 0.3 is 0 Å². The molecule has 1 aliphatic rings. The molecule has 3 rings (SSSR count). The van der Waals surface area contributed by atoms with Crippen LogP contribution in [0.4, 0.5) is 14.5 Å². The molecule has 1 fully saturated rings. The van der Waals surface area contributed by atoms with Crippen LogP contribution in [0, 0.1) is 18.6 Å². The fourth-order valence-corrected chi connectivity index (χ4v) is 4.26. The van der Waals surface area contributed by atoms with Gasteiger partial charge < -0.3 is 4.90 Å². The van der Waals surface area contributed by atoms with Gasteiger partial charge in [-0.15, -0.1) is 0 Å². The van der Waals surface area contributed by atoms with Gasteiger partial charge in [-0.3, -0.25) is 4.79 Å². The van der Waals surface area contributed by atoms with Crippen molar-refractivity contribution in [3.8, 4) is 0 Å². The normalized spacial score (nSPS) is 18.0. The van der Waals surface area contributed by atoms with Gasteiger partial charge in [0.2, 0.25) is 15.9 Å². The molecule has 1 aliphatic heterocycles. The molecule has 1 amide bonds. The summed E-state index contributed by atoms with van der Waals surface area (Å²) in [6, 6.07) is 7.90. The van der Waals surface area contributed by atoms with E-state index in [9.17, 15) is 22.0 Å². The van der Waals surface area contributed by atoms with Crippen LogP contribution in [0.15, 0.2) is 47.4 Å². The van der Waals surface area contributed by atoms with Crippen molar-refractivity contribution in [1.29, 1.82) is 0 Å². The van der Waals surface area contributed by atoms with Crippen LogP contribution in [0.2, 0.25) is 0 Å². The Balaban J connectivity index is 1.80. The van der Waals surface area contributed by atoms with Crippen LogP contribution in [0.1, 0.15) is 12.0 Å². The summed E-state index contributed by atoms with van der Waals surface area (Å²) in [5.74, 6) is -1.52. The van der Waals surface area contributed by atoms with Crippen molar-refractivity contribution in [1.82, 2.24) is 4.72 Å². The number of halogens is 2. The standard InChI is InChI=1S/C17H16F2N2O3S/c1-11-2-3-13(19)10-16(11)25(23,24)20-15-8-9-21(17(15)22)14-6-4-12(18)5-7-14/h2-7,10,15,20H,8-9H2,1H3/t15-/m1/s1. The number of hydrogen-bond donors (Lipinski definition) is 1. The van der Waals surface area contributed by atoms with Crippen molar-refractivity contribution >= 4 is 21.6 Å². The first-order valence-corrected chi connectivity index (χ1v) is 9.12. The van der Waals surface area contributed by atoms with E-state index in [1.165, 1.54) is 41.3 Å². The molecule has 2 aromatic carbocycles. The van der Waals surface area contributed by atoms with Crippen LogP contribution >= 0.6 is 0 Å². The van der Waals surface area contributed by atoms with Crippen molar-refractivity contribution in [2.45, 2.75) is 24.3 Å². The van der Waals surface area contributed by atoms with Crippen molar-refractivity contribution in [2.24, 2.45) is 0 Å². The molecule has 0 aliphatic carbocycles. The first-order valence-electron chi connectivity index (χ1n) is 7.63. The highest BCUT2D eigenvalue weighted by Gasteiger charge is 2.36. The number of aryl methyl sites for hydroxylation is 1. The maximum atomic E-state index is 13.4. The van der Waals surface area contributed by atoms with Gasteiger partial charge in [-0.2, -0.15) is 4.72 Å². The predicted molar refractivity (Wildman–Crippen MR) is 88.6 cm³/mol.